The van der Waals surface area contributed by atoms with Crippen LogP contribution >= 0.6 is 24.2 Å². The molecular formula is C9H12ClNO2S. The zero-order chi connectivity index (χ0) is 10.6. The first-order chi connectivity index (χ1) is 6.65. The van der Waals surface area contributed by atoms with Gasteiger partial charge in [0.1, 0.15) is 11.3 Å². The van der Waals surface area contributed by atoms with Gasteiger partial charge in [0.2, 0.25) is 0 Å². The number of pyridine rings is 1. The Morgan fingerprint density at radius 2 is 2.14 bits per heavy atom. The van der Waals surface area contributed by atoms with E-state index in [9.17, 15) is 10.2 Å². The second-order valence-corrected chi connectivity index (χ2v) is 3.74. The van der Waals surface area contributed by atoms with Gasteiger partial charge in [-0.3, -0.25) is 0 Å². The van der Waals surface area contributed by atoms with Crippen molar-refractivity contribution in [2.75, 3.05) is 5.75 Å². The van der Waals surface area contributed by atoms with E-state index in [1.807, 2.05) is 0 Å². The van der Waals surface area contributed by atoms with Gasteiger partial charge in [0, 0.05) is 0 Å². The number of halogens is 1. The fraction of sp³-hybridized carbons (Fsp3) is 0.444. The highest BCUT2D eigenvalue weighted by atomic mass is 35.5. The summed E-state index contributed by atoms with van der Waals surface area (Å²) in [6.45, 7) is 0. The highest BCUT2D eigenvalue weighted by Gasteiger charge is 2.18. The minimum Gasteiger partial charge on any atom is -0.390 e. The van der Waals surface area contributed by atoms with Crippen LogP contribution in [-0.2, 0) is 0 Å². The van der Waals surface area contributed by atoms with Gasteiger partial charge in [0.05, 0.1) is 11.8 Å². The Balaban J connectivity index is 2.73. The SMILES string of the molecule is OC(CCS)C(O)c1cccc(Cl)n1. The summed E-state index contributed by atoms with van der Waals surface area (Å²) < 4.78 is 0. The molecule has 0 aliphatic heterocycles. The van der Waals surface area contributed by atoms with Crippen molar-refractivity contribution in [3.8, 4) is 0 Å². The fourth-order valence-corrected chi connectivity index (χ4v) is 1.51. The zero-order valence-electron chi connectivity index (χ0n) is 7.47. The molecule has 0 bridgehead atoms. The molecule has 5 heteroatoms. The van der Waals surface area contributed by atoms with Gasteiger partial charge in [-0.25, -0.2) is 4.98 Å². The largest absolute Gasteiger partial charge is 0.390 e. The van der Waals surface area contributed by atoms with Gasteiger partial charge >= 0.3 is 0 Å². The van der Waals surface area contributed by atoms with Crippen molar-refractivity contribution in [2.45, 2.75) is 18.6 Å². The van der Waals surface area contributed by atoms with Crippen LogP contribution in [0.5, 0.6) is 0 Å². The van der Waals surface area contributed by atoms with Crippen LogP contribution in [0.2, 0.25) is 5.15 Å². The van der Waals surface area contributed by atoms with E-state index in [2.05, 4.69) is 17.6 Å². The van der Waals surface area contributed by atoms with E-state index in [-0.39, 0.29) is 0 Å². The Hall–Kier alpha value is -0.290. The number of rotatable bonds is 4. The Morgan fingerprint density at radius 3 is 2.71 bits per heavy atom. The average Bonchev–Trinajstić information content (AvgIpc) is 2.17. The lowest BCUT2D eigenvalue weighted by Crippen LogP contribution is -2.19. The number of aliphatic hydroxyl groups excluding tert-OH is 2. The van der Waals surface area contributed by atoms with E-state index in [1.165, 1.54) is 0 Å². The van der Waals surface area contributed by atoms with Crippen LogP contribution in [-0.4, -0.2) is 27.1 Å². The summed E-state index contributed by atoms with van der Waals surface area (Å²) in [5.74, 6) is 0.513. The van der Waals surface area contributed by atoms with Crippen LogP contribution in [0.4, 0.5) is 0 Å². The van der Waals surface area contributed by atoms with Crippen LogP contribution in [0, 0.1) is 0 Å². The molecule has 1 heterocycles. The molecule has 0 radical (unpaired) electrons. The Bertz CT molecular complexity index is 298. The molecule has 78 valence electrons. The Kier molecular flexibility index (Phi) is 4.68. The van der Waals surface area contributed by atoms with Gasteiger partial charge in [-0.1, -0.05) is 17.7 Å². The molecule has 2 N–H and O–H groups in total. The molecule has 0 saturated carbocycles. The standard InChI is InChI=1S/C9H12ClNO2S/c10-8-3-1-2-6(11-8)9(13)7(12)4-5-14/h1-3,7,9,12-14H,4-5H2. The minimum absolute atomic E-state index is 0.305. The number of hydrogen-bond donors (Lipinski definition) is 3. The van der Waals surface area contributed by atoms with Crippen molar-refractivity contribution in [3.05, 3.63) is 29.0 Å². The van der Waals surface area contributed by atoms with Crippen LogP contribution in [0.1, 0.15) is 18.2 Å². The molecule has 2 unspecified atom stereocenters. The van der Waals surface area contributed by atoms with Crippen molar-refractivity contribution in [1.29, 1.82) is 0 Å². The van der Waals surface area contributed by atoms with Crippen LogP contribution in [0.25, 0.3) is 0 Å². The summed E-state index contributed by atoms with van der Waals surface area (Å²) in [4.78, 5) is 3.91. The van der Waals surface area contributed by atoms with Gasteiger partial charge in [0.15, 0.2) is 0 Å². The molecule has 0 aromatic carbocycles. The van der Waals surface area contributed by atoms with E-state index in [0.717, 1.165) is 0 Å². The number of aromatic nitrogens is 1. The van der Waals surface area contributed by atoms with Crippen LogP contribution in [0.15, 0.2) is 18.2 Å². The summed E-state index contributed by atoms with van der Waals surface area (Å²) in [5.41, 5.74) is 0.381. The quantitative estimate of drug-likeness (QED) is 0.545. The second-order valence-electron chi connectivity index (χ2n) is 2.91. The number of thiol groups is 1. The summed E-state index contributed by atoms with van der Waals surface area (Å²) in [6.07, 6.45) is -1.43. The zero-order valence-corrected chi connectivity index (χ0v) is 9.12. The normalized spacial score (nSPS) is 15.1. The predicted octanol–water partition coefficient (Wildman–Crippen LogP) is 1.45. The van der Waals surface area contributed by atoms with Crippen molar-refractivity contribution in [1.82, 2.24) is 4.98 Å². The molecular weight excluding hydrogens is 222 g/mol. The van der Waals surface area contributed by atoms with Gasteiger partial charge in [-0.2, -0.15) is 12.6 Å². The van der Waals surface area contributed by atoms with E-state index in [4.69, 9.17) is 11.6 Å². The highest BCUT2D eigenvalue weighted by molar-refractivity contribution is 7.80. The Labute approximate surface area is 93.2 Å². The van der Waals surface area contributed by atoms with E-state index < -0.39 is 12.2 Å². The molecule has 3 nitrogen and oxygen atoms in total. The maximum absolute atomic E-state index is 9.64. The minimum atomic E-state index is -0.999. The third kappa shape index (κ3) is 3.13. The van der Waals surface area contributed by atoms with Gasteiger partial charge in [-0.05, 0) is 24.3 Å². The lowest BCUT2D eigenvalue weighted by molar-refractivity contribution is 0.0147. The molecule has 2 atom stereocenters. The summed E-state index contributed by atoms with van der Waals surface area (Å²) in [7, 11) is 0. The molecule has 0 aliphatic rings. The molecule has 14 heavy (non-hydrogen) atoms. The van der Waals surface area contributed by atoms with Crippen molar-refractivity contribution in [2.24, 2.45) is 0 Å². The van der Waals surface area contributed by atoms with E-state index in [1.54, 1.807) is 18.2 Å². The Morgan fingerprint density at radius 1 is 1.43 bits per heavy atom. The van der Waals surface area contributed by atoms with E-state index >= 15 is 0 Å². The molecule has 0 spiro atoms. The third-order valence-corrected chi connectivity index (χ3v) is 2.30. The molecule has 1 rings (SSSR count). The summed E-state index contributed by atoms with van der Waals surface area (Å²) in [6, 6.07) is 4.92. The van der Waals surface area contributed by atoms with Gasteiger partial charge in [-0.15, -0.1) is 0 Å². The number of hydrogen-bond acceptors (Lipinski definition) is 4. The van der Waals surface area contributed by atoms with Crippen molar-refractivity contribution in [3.63, 3.8) is 0 Å². The highest BCUT2D eigenvalue weighted by Crippen LogP contribution is 2.18. The van der Waals surface area contributed by atoms with Crippen molar-refractivity contribution >= 4 is 24.2 Å². The fourth-order valence-electron chi connectivity index (χ4n) is 1.08. The van der Waals surface area contributed by atoms with E-state index in [0.29, 0.717) is 23.0 Å². The van der Waals surface area contributed by atoms with Crippen molar-refractivity contribution < 1.29 is 10.2 Å². The summed E-state index contributed by atoms with van der Waals surface area (Å²) >= 11 is 9.62. The summed E-state index contributed by atoms with van der Waals surface area (Å²) in [5, 5.41) is 19.4. The smallest absolute Gasteiger partial charge is 0.129 e. The third-order valence-electron chi connectivity index (χ3n) is 1.83. The molecule has 1 aromatic rings. The molecule has 0 saturated heterocycles. The maximum atomic E-state index is 9.64. The topological polar surface area (TPSA) is 53.4 Å². The van der Waals surface area contributed by atoms with Crippen LogP contribution in [0.3, 0.4) is 0 Å². The lowest BCUT2D eigenvalue weighted by atomic mass is 10.1. The molecule has 0 amide bonds. The molecule has 1 aromatic heterocycles. The number of nitrogens with zero attached hydrogens (tertiary/aromatic N) is 1. The predicted molar refractivity (Wildman–Crippen MR) is 58.7 cm³/mol. The number of aliphatic hydroxyl groups is 2. The first kappa shape index (κ1) is 11.8. The second kappa shape index (κ2) is 5.56. The van der Waals surface area contributed by atoms with Gasteiger partial charge < -0.3 is 10.2 Å². The lowest BCUT2D eigenvalue weighted by Gasteiger charge is -2.16. The molecule has 0 fully saturated rings. The maximum Gasteiger partial charge on any atom is 0.129 e. The first-order valence-corrected chi connectivity index (χ1v) is 5.25. The first-order valence-electron chi connectivity index (χ1n) is 4.24. The monoisotopic (exact) mass is 233 g/mol. The van der Waals surface area contributed by atoms with Gasteiger partial charge in [0.25, 0.3) is 0 Å². The average molecular weight is 234 g/mol. The van der Waals surface area contributed by atoms with Crippen LogP contribution < -0.4 is 0 Å². The molecule has 0 aliphatic carbocycles.